The van der Waals surface area contributed by atoms with Gasteiger partial charge in [-0.3, -0.25) is 4.79 Å². The molecule has 0 aliphatic carbocycles. The number of ether oxygens (including phenoxy) is 2. The van der Waals surface area contributed by atoms with Gasteiger partial charge in [-0.05, 0) is 42.5 Å². The van der Waals surface area contributed by atoms with E-state index in [2.05, 4.69) is 9.97 Å². The van der Waals surface area contributed by atoms with Crippen LogP contribution in [0.1, 0.15) is 16.2 Å². The molecule has 0 saturated carbocycles. The third-order valence-corrected chi connectivity index (χ3v) is 4.75. The number of aromatic amines is 1. The van der Waals surface area contributed by atoms with Gasteiger partial charge in [0, 0.05) is 5.56 Å². The van der Waals surface area contributed by atoms with Crippen molar-refractivity contribution < 1.29 is 23.0 Å². The van der Waals surface area contributed by atoms with E-state index in [1.807, 2.05) is 0 Å². The molecule has 2 atom stereocenters. The average molecular weight is 387 g/mol. The smallest absolute Gasteiger partial charge is 0.254 e. The summed E-state index contributed by atoms with van der Waals surface area (Å²) < 4.78 is 38.3. The molecule has 0 spiro atoms. The number of likely N-dealkylation sites (tertiary alicyclic amines) is 1. The van der Waals surface area contributed by atoms with Gasteiger partial charge in [0.05, 0.1) is 31.2 Å². The minimum Gasteiger partial charge on any atom is -0.497 e. The number of carbonyl (C=O) groups excluding carboxylic acids is 1. The highest BCUT2D eigenvalue weighted by Crippen LogP contribution is 2.22. The van der Waals surface area contributed by atoms with Gasteiger partial charge in [-0.1, -0.05) is 0 Å². The lowest BCUT2D eigenvalue weighted by Gasteiger charge is -2.16. The number of hydrogen-bond donors (Lipinski definition) is 1. The first-order valence-corrected chi connectivity index (χ1v) is 8.86. The average Bonchev–Trinajstić information content (AvgIpc) is 3.28. The highest BCUT2D eigenvalue weighted by molar-refractivity contribution is 5.94. The second-order valence-corrected chi connectivity index (χ2v) is 6.65. The zero-order valence-corrected chi connectivity index (χ0v) is 15.2. The largest absolute Gasteiger partial charge is 0.497 e. The van der Waals surface area contributed by atoms with Gasteiger partial charge in [0.2, 0.25) is 0 Å². The van der Waals surface area contributed by atoms with Crippen LogP contribution in [0.25, 0.3) is 11.0 Å². The number of halogens is 2. The first kappa shape index (κ1) is 18.4. The van der Waals surface area contributed by atoms with Crippen LogP contribution < -0.4 is 4.74 Å². The predicted molar refractivity (Wildman–Crippen MR) is 98.4 cm³/mol. The molecule has 0 unspecified atom stereocenters. The Bertz CT molecular complexity index is 990. The number of nitrogens with one attached hydrogen (secondary N) is 1. The molecule has 2 aromatic carbocycles. The van der Waals surface area contributed by atoms with Crippen molar-refractivity contribution in [3.63, 3.8) is 0 Å². The van der Waals surface area contributed by atoms with Crippen LogP contribution in [-0.2, 0) is 11.3 Å². The van der Waals surface area contributed by atoms with E-state index in [1.54, 1.807) is 37.4 Å². The number of alkyl halides is 1. The molecule has 1 saturated heterocycles. The number of fused-ring (bicyclic) bond motifs is 1. The Kier molecular flexibility index (Phi) is 4.95. The first-order chi connectivity index (χ1) is 13.5. The Morgan fingerprint density at radius 1 is 1.25 bits per heavy atom. The maximum absolute atomic E-state index is 14.4. The normalized spacial score (nSPS) is 19.3. The highest BCUT2D eigenvalue weighted by atomic mass is 19.1. The van der Waals surface area contributed by atoms with Crippen LogP contribution in [0.4, 0.5) is 8.78 Å². The van der Waals surface area contributed by atoms with Crippen LogP contribution in [0.5, 0.6) is 5.75 Å². The summed E-state index contributed by atoms with van der Waals surface area (Å²) in [6.45, 7) is 0.174. The molecule has 2 heterocycles. The summed E-state index contributed by atoms with van der Waals surface area (Å²) >= 11 is 0. The summed E-state index contributed by atoms with van der Waals surface area (Å²) in [5.41, 5.74) is 1.63. The molecular formula is C20H19F2N3O3. The second kappa shape index (κ2) is 7.55. The molecule has 8 heteroatoms. The van der Waals surface area contributed by atoms with Gasteiger partial charge < -0.3 is 19.4 Å². The summed E-state index contributed by atoms with van der Waals surface area (Å²) in [7, 11) is 1.55. The molecular weight excluding hydrogens is 368 g/mol. The van der Waals surface area contributed by atoms with Crippen LogP contribution in [0.3, 0.4) is 0 Å². The molecule has 1 amide bonds. The molecule has 1 aliphatic rings. The van der Waals surface area contributed by atoms with Gasteiger partial charge in [0.25, 0.3) is 5.91 Å². The molecule has 0 radical (unpaired) electrons. The van der Waals surface area contributed by atoms with Crippen LogP contribution in [0.2, 0.25) is 0 Å². The van der Waals surface area contributed by atoms with E-state index in [0.29, 0.717) is 28.2 Å². The molecule has 0 bridgehead atoms. The van der Waals surface area contributed by atoms with E-state index >= 15 is 0 Å². The number of amides is 1. The van der Waals surface area contributed by atoms with E-state index < -0.39 is 12.3 Å². The Morgan fingerprint density at radius 3 is 2.79 bits per heavy atom. The number of carbonyl (C=O) groups is 1. The number of hydrogen-bond acceptors (Lipinski definition) is 4. The fraction of sp³-hybridized carbons (Fsp3) is 0.300. The summed E-state index contributed by atoms with van der Waals surface area (Å²) in [5.74, 6) is 0.507. The van der Waals surface area contributed by atoms with Crippen LogP contribution in [0, 0.1) is 5.82 Å². The lowest BCUT2D eigenvalue weighted by atomic mass is 10.2. The fourth-order valence-electron chi connectivity index (χ4n) is 3.26. The van der Waals surface area contributed by atoms with Gasteiger partial charge in [-0.25, -0.2) is 13.8 Å². The zero-order valence-electron chi connectivity index (χ0n) is 15.2. The minimum absolute atomic E-state index is 0.0269. The lowest BCUT2D eigenvalue weighted by Crippen LogP contribution is -2.30. The van der Waals surface area contributed by atoms with Crippen molar-refractivity contribution in [2.75, 3.05) is 20.2 Å². The van der Waals surface area contributed by atoms with Gasteiger partial charge in [0.1, 0.15) is 36.3 Å². The van der Waals surface area contributed by atoms with E-state index in [-0.39, 0.29) is 31.4 Å². The molecule has 1 fully saturated rings. The summed E-state index contributed by atoms with van der Waals surface area (Å²) in [6.07, 6.45) is -2.03. The quantitative estimate of drug-likeness (QED) is 0.731. The Balaban J connectivity index is 1.38. The molecule has 28 heavy (non-hydrogen) atoms. The van der Waals surface area contributed by atoms with Crippen LogP contribution >= 0.6 is 0 Å². The van der Waals surface area contributed by atoms with E-state index in [9.17, 15) is 13.6 Å². The zero-order chi connectivity index (χ0) is 19.7. The Morgan fingerprint density at radius 2 is 2.04 bits per heavy atom. The van der Waals surface area contributed by atoms with Gasteiger partial charge in [0.15, 0.2) is 0 Å². The van der Waals surface area contributed by atoms with E-state index in [4.69, 9.17) is 9.47 Å². The first-order valence-electron chi connectivity index (χ1n) is 8.86. The Hall–Kier alpha value is -3.00. The molecule has 1 aromatic heterocycles. The van der Waals surface area contributed by atoms with Crippen LogP contribution in [0.15, 0.2) is 42.5 Å². The maximum atomic E-state index is 14.4. The predicted octanol–water partition coefficient (Wildman–Crippen LogP) is 3.09. The monoisotopic (exact) mass is 387 g/mol. The number of rotatable bonds is 5. The molecule has 4 rings (SSSR count). The van der Waals surface area contributed by atoms with Gasteiger partial charge in [-0.2, -0.15) is 0 Å². The number of imidazole rings is 1. The van der Waals surface area contributed by atoms with Crippen molar-refractivity contribution in [1.29, 1.82) is 0 Å². The fourth-order valence-corrected chi connectivity index (χ4v) is 3.26. The van der Waals surface area contributed by atoms with Crippen molar-refractivity contribution in [2.45, 2.75) is 18.9 Å². The van der Waals surface area contributed by atoms with Crippen LogP contribution in [-0.4, -0.2) is 53.2 Å². The highest BCUT2D eigenvalue weighted by Gasteiger charge is 2.36. The number of benzene rings is 2. The summed E-state index contributed by atoms with van der Waals surface area (Å²) in [5, 5.41) is 0. The topological polar surface area (TPSA) is 67.4 Å². The van der Waals surface area contributed by atoms with E-state index in [1.165, 1.54) is 17.0 Å². The molecule has 146 valence electrons. The van der Waals surface area contributed by atoms with Gasteiger partial charge >= 0.3 is 0 Å². The number of nitrogens with zero attached hydrogens (tertiary/aromatic N) is 2. The second-order valence-electron chi connectivity index (χ2n) is 6.65. The molecule has 3 aromatic rings. The van der Waals surface area contributed by atoms with Crippen molar-refractivity contribution in [1.82, 2.24) is 14.9 Å². The standard InChI is InChI=1S/C20H19F2N3O3/c1-27-14-5-2-12(3-6-14)20(26)25-9-15(22)18(10-25)28-11-19-23-16-7-4-13(21)8-17(16)24-19/h2-8,15,18H,9-11H2,1H3,(H,23,24)/t15-,18+/m1/s1. The lowest BCUT2D eigenvalue weighted by molar-refractivity contribution is 0.00887. The van der Waals surface area contributed by atoms with Crippen molar-refractivity contribution in [3.05, 3.63) is 59.7 Å². The number of methoxy groups -OCH3 is 1. The molecule has 6 nitrogen and oxygen atoms in total. The van der Waals surface area contributed by atoms with E-state index in [0.717, 1.165) is 0 Å². The van der Waals surface area contributed by atoms with Gasteiger partial charge in [-0.15, -0.1) is 0 Å². The third kappa shape index (κ3) is 3.68. The molecule has 1 N–H and O–H groups in total. The van der Waals surface area contributed by atoms with Crippen molar-refractivity contribution >= 4 is 16.9 Å². The summed E-state index contributed by atoms with van der Waals surface area (Å²) in [4.78, 5) is 21.3. The summed E-state index contributed by atoms with van der Waals surface area (Å²) in [6, 6.07) is 10.9. The molecule has 1 aliphatic heterocycles. The van der Waals surface area contributed by atoms with Crippen molar-refractivity contribution in [3.8, 4) is 5.75 Å². The minimum atomic E-state index is -1.29. The SMILES string of the molecule is COc1ccc(C(=O)N2C[C@@H](F)[C@@H](OCc3nc4ccc(F)cc4[nH]3)C2)cc1. The Labute approximate surface area is 160 Å². The number of H-pyrrole nitrogens is 1. The van der Waals surface area contributed by atoms with Crippen molar-refractivity contribution in [2.24, 2.45) is 0 Å². The third-order valence-electron chi connectivity index (χ3n) is 4.75. The maximum Gasteiger partial charge on any atom is 0.254 e. The number of aromatic nitrogens is 2.